The molecule has 0 heterocycles. The van der Waals surface area contributed by atoms with Gasteiger partial charge in [0.15, 0.2) is 0 Å². The molecule has 0 saturated carbocycles. The largest absolute Gasteiger partial charge is 0.353 e. The molecule has 126 valence electrons. The number of amides is 1. The molecule has 0 aromatic heterocycles. The zero-order chi connectivity index (χ0) is 15.7. The fraction of sp³-hybridized carbons (Fsp3) is 0.562. The average molecular weight is 396 g/mol. The van der Waals surface area contributed by atoms with Crippen LogP contribution in [0.5, 0.6) is 0 Å². The molecule has 1 aromatic rings. The maximum absolute atomic E-state index is 13.1. The predicted octanol–water partition coefficient (Wildman–Crippen LogP) is 3.97. The second-order valence-electron chi connectivity index (χ2n) is 5.37. The molecule has 0 aliphatic carbocycles. The number of hydrogen-bond acceptors (Lipinski definition) is 2. The molecule has 3 N–H and O–H groups in total. The van der Waals surface area contributed by atoms with Crippen molar-refractivity contribution < 1.29 is 9.18 Å². The van der Waals surface area contributed by atoms with Crippen LogP contribution in [-0.4, -0.2) is 18.5 Å². The van der Waals surface area contributed by atoms with E-state index in [1.165, 1.54) is 6.07 Å². The van der Waals surface area contributed by atoms with Gasteiger partial charge in [-0.15, -0.1) is 12.4 Å². The fourth-order valence-corrected chi connectivity index (χ4v) is 2.63. The standard InChI is InChI=1S/C16H24BrFN2O.ClH/c1-12(10-13-7-8-15(18)14(17)11-13)20-16(21)6-4-2-3-5-9-19;/h7-8,11-12H,2-6,9-10,19H2,1H3,(H,20,21);1H. The highest BCUT2D eigenvalue weighted by Crippen LogP contribution is 2.17. The van der Waals surface area contributed by atoms with Gasteiger partial charge in [0.05, 0.1) is 4.47 Å². The molecule has 1 atom stereocenters. The van der Waals surface area contributed by atoms with E-state index in [1.54, 1.807) is 12.1 Å². The normalized spacial score (nSPS) is 11.6. The molecule has 0 spiro atoms. The van der Waals surface area contributed by atoms with Gasteiger partial charge in [0.25, 0.3) is 0 Å². The van der Waals surface area contributed by atoms with Crippen molar-refractivity contribution in [3.8, 4) is 0 Å². The van der Waals surface area contributed by atoms with E-state index < -0.39 is 0 Å². The molecule has 0 saturated heterocycles. The van der Waals surface area contributed by atoms with Crippen molar-refractivity contribution in [3.63, 3.8) is 0 Å². The Morgan fingerprint density at radius 1 is 1.32 bits per heavy atom. The van der Waals surface area contributed by atoms with Gasteiger partial charge in [-0.3, -0.25) is 4.79 Å². The van der Waals surface area contributed by atoms with Crippen LogP contribution in [0.4, 0.5) is 4.39 Å². The first kappa shape index (κ1) is 21.4. The number of nitrogens with one attached hydrogen (secondary N) is 1. The Hall–Kier alpha value is -0.650. The lowest BCUT2D eigenvalue weighted by Gasteiger charge is -2.14. The average Bonchev–Trinajstić information content (AvgIpc) is 2.42. The van der Waals surface area contributed by atoms with Gasteiger partial charge >= 0.3 is 0 Å². The highest BCUT2D eigenvalue weighted by atomic mass is 79.9. The molecule has 0 aliphatic heterocycles. The number of nitrogens with two attached hydrogens (primary N) is 1. The van der Waals surface area contributed by atoms with Gasteiger partial charge in [-0.2, -0.15) is 0 Å². The van der Waals surface area contributed by atoms with Crippen LogP contribution in [0.2, 0.25) is 0 Å². The van der Waals surface area contributed by atoms with Crippen LogP contribution in [0, 0.1) is 5.82 Å². The third kappa shape index (κ3) is 8.71. The number of benzene rings is 1. The zero-order valence-corrected chi connectivity index (χ0v) is 15.3. The van der Waals surface area contributed by atoms with Crippen molar-refractivity contribution in [2.45, 2.75) is 51.5 Å². The third-order valence-corrected chi connectivity index (χ3v) is 3.90. The summed E-state index contributed by atoms with van der Waals surface area (Å²) in [5.74, 6) is -0.190. The molecule has 0 radical (unpaired) electrons. The molecule has 1 unspecified atom stereocenters. The summed E-state index contributed by atoms with van der Waals surface area (Å²) >= 11 is 3.17. The van der Waals surface area contributed by atoms with E-state index in [4.69, 9.17) is 5.73 Å². The summed E-state index contributed by atoms with van der Waals surface area (Å²) in [6, 6.07) is 4.98. The fourth-order valence-electron chi connectivity index (χ4n) is 2.20. The van der Waals surface area contributed by atoms with Gasteiger partial charge in [0.2, 0.25) is 5.91 Å². The molecule has 1 aromatic carbocycles. The maximum Gasteiger partial charge on any atom is 0.220 e. The minimum Gasteiger partial charge on any atom is -0.353 e. The van der Waals surface area contributed by atoms with Crippen molar-refractivity contribution in [2.75, 3.05) is 6.54 Å². The topological polar surface area (TPSA) is 55.1 Å². The zero-order valence-electron chi connectivity index (χ0n) is 12.9. The van der Waals surface area contributed by atoms with E-state index in [0.717, 1.165) is 37.8 Å². The van der Waals surface area contributed by atoms with Crippen molar-refractivity contribution in [2.24, 2.45) is 5.73 Å². The van der Waals surface area contributed by atoms with Crippen molar-refractivity contribution in [1.82, 2.24) is 5.32 Å². The molecule has 3 nitrogen and oxygen atoms in total. The van der Waals surface area contributed by atoms with E-state index in [9.17, 15) is 9.18 Å². The summed E-state index contributed by atoms with van der Waals surface area (Å²) in [7, 11) is 0. The Morgan fingerprint density at radius 2 is 2.00 bits per heavy atom. The van der Waals surface area contributed by atoms with Crippen LogP contribution in [0.3, 0.4) is 0 Å². The Balaban J connectivity index is 0.00000441. The minimum atomic E-state index is -0.270. The molecule has 1 amide bonds. The number of carbonyl (C=O) groups is 1. The number of carbonyl (C=O) groups excluding carboxylic acids is 1. The maximum atomic E-state index is 13.1. The molecular weight excluding hydrogens is 371 g/mol. The van der Waals surface area contributed by atoms with Crippen LogP contribution in [0.25, 0.3) is 0 Å². The second kappa shape index (κ2) is 11.9. The van der Waals surface area contributed by atoms with E-state index in [0.29, 0.717) is 17.3 Å². The van der Waals surface area contributed by atoms with Gasteiger partial charge in [0.1, 0.15) is 5.82 Å². The quantitative estimate of drug-likeness (QED) is 0.622. The Labute approximate surface area is 146 Å². The summed E-state index contributed by atoms with van der Waals surface area (Å²) in [4.78, 5) is 11.8. The van der Waals surface area contributed by atoms with Crippen LogP contribution in [0.1, 0.15) is 44.6 Å². The summed E-state index contributed by atoms with van der Waals surface area (Å²) < 4.78 is 13.6. The highest BCUT2D eigenvalue weighted by molar-refractivity contribution is 9.10. The molecule has 1 rings (SSSR count). The summed E-state index contributed by atoms with van der Waals surface area (Å²) in [6.07, 6.45) is 5.31. The lowest BCUT2D eigenvalue weighted by Crippen LogP contribution is -2.33. The monoisotopic (exact) mass is 394 g/mol. The smallest absolute Gasteiger partial charge is 0.220 e. The van der Waals surface area contributed by atoms with Gasteiger partial charge in [-0.05, 0) is 66.4 Å². The van der Waals surface area contributed by atoms with Gasteiger partial charge in [-0.1, -0.05) is 18.9 Å². The van der Waals surface area contributed by atoms with Crippen molar-refractivity contribution in [1.29, 1.82) is 0 Å². The van der Waals surface area contributed by atoms with Crippen LogP contribution < -0.4 is 11.1 Å². The van der Waals surface area contributed by atoms with Gasteiger partial charge in [0, 0.05) is 12.5 Å². The lowest BCUT2D eigenvalue weighted by atomic mass is 10.1. The number of halogens is 3. The molecular formula is C16H25BrClFN2O. The highest BCUT2D eigenvalue weighted by Gasteiger charge is 2.09. The molecule has 0 fully saturated rings. The van der Waals surface area contributed by atoms with Gasteiger partial charge in [-0.25, -0.2) is 4.39 Å². The Morgan fingerprint density at radius 3 is 2.64 bits per heavy atom. The van der Waals surface area contributed by atoms with Crippen LogP contribution in [0.15, 0.2) is 22.7 Å². The Kier molecular flexibility index (Phi) is 11.5. The number of hydrogen-bond donors (Lipinski definition) is 2. The number of unbranched alkanes of at least 4 members (excludes halogenated alkanes) is 3. The van der Waals surface area contributed by atoms with E-state index >= 15 is 0 Å². The second-order valence-corrected chi connectivity index (χ2v) is 6.23. The summed E-state index contributed by atoms with van der Waals surface area (Å²) in [5.41, 5.74) is 6.42. The SMILES string of the molecule is CC(Cc1ccc(F)c(Br)c1)NC(=O)CCCCCCN.Cl. The minimum absolute atomic E-state index is 0. The third-order valence-electron chi connectivity index (χ3n) is 3.29. The molecule has 6 heteroatoms. The van der Waals surface area contributed by atoms with E-state index in [1.807, 2.05) is 6.92 Å². The lowest BCUT2D eigenvalue weighted by molar-refractivity contribution is -0.121. The first-order valence-corrected chi connectivity index (χ1v) is 8.25. The summed E-state index contributed by atoms with van der Waals surface area (Å²) in [5, 5.41) is 2.98. The molecule has 0 bridgehead atoms. The first-order chi connectivity index (χ1) is 10.0. The molecule has 22 heavy (non-hydrogen) atoms. The van der Waals surface area contributed by atoms with Crippen molar-refractivity contribution >= 4 is 34.2 Å². The van der Waals surface area contributed by atoms with E-state index in [2.05, 4.69) is 21.2 Å². The summed E-state index contributed by atoms with van der Waals surface area (Å²) in [6.45, 7) is 2.68. The van der Waals surface area contributed by atoms with Crippen LogP contribution >= 0.6 is 28.3 Å². The van der Waals surface area contributed by atoms with E-state index in [-0.39, 0.29) is 30.2 Å². The Bertz CT molecular complexity index is 460. The predicted molar refractivity (Wildman–Crippen MR) is 94.8 cm³/mol. The first-order valence-electron chi connectivity index (χ1n) is 7.46. The van der Waals surface area contributed by atoms with Crippen molar-refractivity contribution in [3.05, 3.63) is 34.1 Å². The molecule has 0 aliphatic rings. The van der Waals surface area contributed by atoms with Crippen LogP contribution in [-0.2, 0) is 11.2 Å². The van der Waals surface area contributed by atoms with Gasteiger partial charge < -0.3 is 11.1 Å². The number of rotatable bonds is 9.